The molecule has 1 aromatic rings. The molecule has 0 aliphatic carbocycles. The average molecular weight is 308 g/mol. The van der Waals surface area contributed by atoms with Gasteiger partial charge in [0.15, 0.2) is 0 Å². The van der Waals surface area contributed by atoms with Crippen LogP contribution in [-0.4, -0.2) is 35.5 Å². The first-order valence-corrected chi connectivity index (χ1v) is 7.54. The number of carbonyl (C=O) groups excluding carboxylic acids is 1. The first kappa shape index (κ1) is 16.6. The normalized spacial score (nSPS) is 17.1. The maximum Gasteiger partial charge on any atom is 0.338 e. The molecule has 2 rings (SSSR count). The Morgan fingerprint density at radius 3 is 2.64 bits per heavy atom. The fraction of sp³-hybridized carbons (Fsp3) is 0.588. The van der Waals surface area contributed by atoms with Crippen LogP contribution in [0.1, 0.15) is 50.5 Å². The molecule has 0 saturated carbocycles. The Hall–Kier alpha value is -1.75. The SMILES string of the molecule is CC(C)Oc1cc(C(=O)OC(C)(C)C)cc2c1CC(CO)O2. The van der Waals surface area contributed by atoms with E-state index in [9.17, 15) is 9.90 Å². The van der Waals surface area contributed by atoms with E-state index >= 15 is 0 Å². The van der Waals surface area contributed by atoms with Crippen LogP contribution in [0.25, 0.3) is 0 Å². The zero-order valence-corrected chi connectivity index (χ0v) is 13.8. The molecule has 1 heterocycles. The highest BCUT2D eigenvalue weighted by molar-refractivity contribution is 5.91. The van der Waals surface area contributed by atoms with Crippen molar-refractivity contribution in [3.63, 3.8) is 0 Å². The first-order valence-electron chi connectivity index (χ1n) is 7.54. The van der Waals surface area contributed by atoms with Gasteiger partial charge in [0.2, 0.25) is 0 Å². The van der Waals surface area contributed by atoms with E-state index in [0.29, 0.717) is 23.5 Å². The van der Waals surface area contributed by atoms with Crippen molar-refractivity contribution in [1.29, 1.82) is 0 Å². The molecule has 5 heteroatoms. The molecule has 0 spiro atoms. The van der Waals surface area contributed by atoms with Crippen molar-refractivity contribution in [3.05, 3.63) is 23.3 Å². The largest absolute Gasteiger partial charge is 0.491 e. The summed E-state index contributed by atoms with van der Waals surface area (Å²) >= 11 is 0. The van der Waals surface area contributed by atoms with Gasteiger partial charge in [0.1, 0.15) is 23.2 Å². The summed E-state index contributed by atoms with van der Waals surface area (Å²) in [6.45, 7) is 9.24. The molecule has 0 aromatic heterocycles. The van der Waals surface area contributed by atoms with E-state index in [4.69, 9.17) is 14.2 Å². The molecule has 1 aliphatic heterocycles. The molecule has 122 valence electrons. The predicted molar refractivity (Wildman–Crippen MR) is 82.6 cm³/mol. The van der Waals surface area contributed by atoms with Crippen LogP contribution in [-0.2, 0) is 11.2 Å². The second kappa shape index (κ2) is 6.16. The van der Waals surface area contributed by atoms with Crippen molar-refractivity contribution in [3.8, 4) is 11.5 Å². The second-order valence-electron chi connectivity index (χ2n) is 6.75. The minimum absolute atomic E-state index is 0.0221. The lowest BCUT2D eigenvalue weighted by Crippen LogP contribution is -2.24. The molecule has 1 atom stereocenters. The molecule has 22 heavy (non-hydrogen) atoms. The number of carbonyl (C=O) groups is 1. The van der Waals surface area contributed by atoms with E-state index in [0.717, 1.165) is 5.56 Å². The van der Waals surface area contributed by atoms with Crippen LogP contribution < -0.4 is 9.47 Å². The number of benzene rings is 1. The Labute approximate surface area is 131 Å². The van der Waals surface area contributed by atoms with Crippen LogP contribution in [0.15, 0.2) is 12.1 Å². The lowest BCUT2D eigenvalue weighted by molar-refractivity contribution is 0.00684. The quantitative estimate of drug-likeness (QED) is 0.866. The number of rotatable bonds is 4. The molecule has 1 aliphatic rings. The molecule has 0 radical (unpaired) electrons. The van der Waals surface area contributed by atoms with E-state index in [1.807, 2.05) is 34.6 Å². The molecular formula is C17H24O5. The molecule has 1 N–H and O–H groups in total. The Kier molecular flexibility index (Phi) is 4.66. The Morgan fingerprint density at radius 2 is 2.09 bits per heavy atom. The van der Waals surface area contributed by atoms with Gasteiger partial charge in [0.25, 0.3) is 0 Å². The predicted octanol–water partition coefficient (Wildman–Crippen LogP) is 2.72. The molecule has 0 amide bonds. The van der Waals surface area contributed by atoms with Gasteiger partial charge in [-0.1, -0.05) is 0 Å². The first-order chi connectivity index (χ1) is 10.2. The van der Waals surface area contributed by atoms with Gasteiger partial charge in [-0.15, -0.1) is 0 Å². The van der Waals surface area contributed by atoms with Crippen molar-refractivity contribution in [2.24, 2.45) is 0 Å². The van der Waals surface area contributed by atoms with E-state index in [2.05, 4.69) is 0 Å². The Morgan fingerprint density at radius 1 is 1.41 bits per heavy atom. The van der Waals surface area contributed by atoms with Crippen LogP contribution in [0.2, 0.25) is 0 Å². The summed E-state index contributed by atoms with van der Waals surface area (Å²) in [6, 6.07) is 3.35. The van der Waals surface area contributed by atoms with Gasteiger partial charge >= 0.3 is 5.97 Å². The van der Waals surface area contributed by atoms with Gasteiger partial charge in [-0.3, -0.25) is 0 Å². The number of aliphatic hydroxyl groups excluding tert-OH is 1. The summed E-state index contributed by atoms with van der Waals surface area (Å²) in [5.41, 5.74) is 0.715. The van der Waals surface area contributed by atoms with Gasteiger partial charge in [-0.25, -0.2) is 4.79 Å². The summed E-state index contributed by atoms with van der Waals surface area (Å²) in [7, 11) is 0. The maximum atomic E-state index is 12.3. The number of hydrogen-bond acceptors (Lipinski definition) is 5. The Bertz CT molecular complexity index is 557. The Balaban J connectivity index is 2.35. The highest BCUT2D eigenvalue weighted by Crippen LogP contribution is 2.38. The zero-order chi connectivity index (χ0) is 16.5. The van der Waals surface area contributed by atoms with Crippen LogP contribution >= 0.6 is 0 Å². The van der Waals surface area contributed by atoms with Crippen LogP contribution in [0.3, 0.4) is 0 Å². The lowest BCUT2D eigenvalue weighted by atomic mass is 10.1. The van der Waals surface area contributed by atoms with Gasteiger partial charge < -0.3 is 19.3 Å². The van der Waals surface area contributed by atoms with E-state index in [1.54, 1.807) is 12.1 Å². The van der Waals surface area contributed by atoms with E-state index in [-0.39, 0.29) is 18.8 Å². The van der Waals surface area contributed by atoms with Crippen molar-refractivity contribution in [2.45, 2.75) is 58.8 Å². The summed E-state index contributed by atoms with van der Waals surface area (Å²) < 4.78 is 16.9. The van der Waals surface area contributed by atoms with Gasteiger partial charge in [-0.05, 0) is 46.8 Å². The standard InChI is InChI=1S/C17H24O5/c1-10(2)20-14-6-11(16(19)22-17(3,4)5)7-15-13(14)8-12(9-18)21-15/h6-7,10,12,18H,8-9H2,1-5H3. The van der Waals surface area contributed by atoms with Crippen molar-refractivity contribution < 1.29 is 24.1 Å². The highest BCUT2D eigenvalue weighted by Gasteiger charge is 2.29. The molecule has 1 aromatic carbocycles. The van der Waals surface area contributed by atoms with Crippen molar-refractivity contribution in [1.82, 2.24) is 0 Å². The molecular weight excluding hydrogens is 284 g/mol. The number of ether oxygens (including phenoxy) is 3. The van der Waals surface area contributed by atoms with Crippen LogP contribution in [0.5, 0.6) is 11.5 Å². The average Bonchev–Trinajstić information content (AvgIpc) is 2.79. The van der Waals surface area contributed by atoms with Crippen molar-refractivity contribution in [2.75, 3.05) is 6.61 Å². The lowest BCUT2D eigenvalue weighted by Gasteiger charge is -2.20. The fourth-order valence-electron chi connectivity index (χ4n) is 2.29. The summed E-state index contributed by atoms with van der Waals surface area (Å²) in [6.07, 6.45) is 0.257. The van der Waals surface area contributed by atoms with Gasteiger partial charge in [0, 0.05) is 12.0 Å². The molecule has 5 nitrogen and oxygen atoms in total. The zero-order valence-electron chi connectivity index (χ0n) is 13.8. The summed E-state index contributed by atoms with van der Waals surface area (Å²) in [5, 5.41) is 9.28. The third kappa shape index (κ3) is 3.91. The highest BCUT2D eigenvalue weighted by atomic mass is 16.6. The molecule has 1 unspecified atom stereocenters. The molecule has 0 saturated heterocycles. The third-order valence-corrected chi connectivity index (χ3v) is 3.09. The van der Waals surface area contributed by atoms with E-state index in [1.165, 1.54) is 0 Å². The second-order valence-corrected chi connectivity index (χ2v) is 6.75. The maximum absolute atomic E-state index is 12.3. The minimum Gasteiger partial charge on any atom is -0.491 e. The fourth-order valence-corrected chi connectivity index (χ4v) is 2.29. The monoisotopic (exact) mass is 308 g/mol. The molecule has 0 bridgehead atoms. The number of fused-ring (bicyclic) bond motifs is 1. The number of aliphatic hydroxyl groups is 1. The third-order valence-electron chi connectivity index (χ3n) is 3.09. The number of esters is 1. The topological polar surface area (TPSA) is 65.0 Å². The number of hydrogen-bond donors (Lipinski definition) is 1. The molecule has 0 fully saturated rings. The van der Waals surface area contributed by atoms with Crippen molar-refractivity contribution >= 4 is 5.97 Å². The minimum atomic E-state index is -0.566. The van der Waals surface area contributed by atoms with E-state index < -0.39 is 11.6 Å². The van der Waals surface area contributed by atoms with Gasteiger partial charge in [-0.2, -0.15) is 0 Å². The van der Waals surface area contributed by atoms with Gasteiger partial charge in [0.05, 0.1) is 18.3 Å². The summed E-state index contributed by atoms with van der Waals surface area (Å²) in [5.74, 6) is 0.780. The smallest absolute Gasteiger partial charge is 0.338 e. The van der Waals surface area contributed by atoms with Crippen LogP contribution in [0, 0.1) is 0 Å². The van der Waals surface area contributed by atoms with Crippen LogP contribution in [0.4, 0.5) is 0 Å². The summed E-state index contributed by atoms with van der Waals surface area (Å²) in [4.78, 5) is 12.3.